The minimum Gasteiger partial charge on any atom is -0.471 e. The standard InChI is InChI=1S/C29H37FN4O3/c1-18(35)34-24(12-19-6-7-23(30)21(10-19)15-31)26(36)17-32-25-14-29(8-5-9-29)37-27-22(25)11-20(16-33-27)13-28(2,3)4/h6-7,10-11,16,24-26,32,36H,5,8-9,12-14,17H2,1-4H3,(H,34,35)/t24-,25-,26+/m0/s1. The molecule has 2 heterocycles. The zero-order valence-corrected chi connectivity index (χ0v) is 22.1. The van der Waals surface area contributed by atoms with Crippen LogP contribution in [-0.4, -0.2) is 40.3 Å². The maximum absolute atomic E-state index is 13.8. The topological polar surface area (TPSA) is 107 Å². The average Bonchev–Trinajstić information content (AvgIpc) is 2.80. The number of benzene rings is 1. The van der Waals surface area contributed by atoms with E-state index in [-0.39, 0.29) is 41.5 Å². The molecular weight excluding hydrogens is 471 g/mol. The van der Waals surface area contributed by atoms with Crippen LogP contribution >= 0.6 is 0 Å². The highest BCUT2D eigenvalue weighted by atomic mass is 19.1. The van der Waals surface area contributed by atoms with E-state index in [9.17, 15) is 14.3 Å². The van der Waals surface area contributed by atoms with E-state index >= 15 is 0 Å². The summed E-state index contributed by atoms with van der Waals surface area (Å²) in [5, 5.41) is 26.6. The first-order valence-corrected chi connectivity index (χ1v) is 13.0. The summed E-state index contributed by atoms with van der Waals surface area (Å²) < 4.78 is 20.1. The number of halogens is 1. The van der Waals surface area contributed by atoms with E-state index < -0.39 is 18.0 Å². The SMILES string of the molecule is CC(=O)N[C@@H](Cc1ccc(F)c(C#N)c1)[C@H](O)CN[C@H]1CC2(CCC2)Oc2ncc(CC(C)(C)C)cc21. The fourth-order valence-corrected chi connectivity index (χ4v) is 5.34. The highest BCUT2D eigenvalue weighted by Crippen LogP contribution is 2.48. The molecule has 8 heteroatoms. The van der Waals surface area contributed by atoms with E-state index in [0.717, 1.165) is 43.2 Å². The molecular formula is C29H37FN4O3. The molecule has 1 spiro atoms. The van der Waals surface area contributed by atoms with Crippen molar-refractivity contribution in [2.24, 2.45) is 5.41 Å². The second-order valence-corrected chi connectivity index (χ2v) is 11.8. The number of hydrogen-bond donors (Lipinski definition) is 3. The highest BCUT2D eigenvalue weighted by Gasteiger charge is 2.46. The number of nitrogens with zero attached hydrogens (tertiary/aromatic N) is 2. The van der Waals surface area contributed by atoms with Gasteiger partial charge in [0.2, 0.25) is 11.8 Å². The molecule has 1 fully saturated rings. The van der Waals surface area contributed by atoms with E-state index in [0.29, 0.717) is 11.4 Å². The third-order valence-corrected chi connectivity index (χ3v) is 7.23. The Morgan fingerprint density at radius 1 is 1.32 bits per heavy atom. The van der Waals surface area contributed by atoms with Crippen LogP contribution in [0.5, 0.6) is 5.88 Å². The van der Waals surface area contributed by atoms with Crippen LogP contribution in [0.1, 0.15) is 81.7 Å². The lowest BCUT2D eigenvalue weighted by Gasteiger charge is -2.47. The second-order valence-electron chi connectivity index (χ2n) is 11.8. The van der Waals surface area contributed by atoms with E-state index in [2.05, 4.69) is 42.5 Å². The summed E-state index contributed by atoms with van der Waals surface area (Å²) in [5.74, 6) is -0.205. The van der Waals surface area contributed by atoms with Gasteiger partial charge in [-0.3, -0.25) is 4.79 Å². The molecule has 1 aromatic carbocycles. The Kier molecular flexibility index (Phi) is 7.86. The van der Waals surface area contributed by atoms with E-state index in [1.54, 1.807) is 6.07 Å². The monoisotopic (exact) mass is 508 g/mol. The van der Waals surface area contributed by atoms with Crippen molar-refractivity contribution in [2.45, 2.75) is 90.0 Å². The number of rotatable bonds is 8. The van der Waals surface area contributed by atoms with Crippen LogP contribution in [0.15, 0.2) is 30.5 Å². The zero-order valence-electron chi connectivity index (χ0n) is 22.1. The lowest BCUT2D eigenvalue weighted by Crippen LogP contribution is -2.52. The van der Waals surface area contributed by atoms with Crippen molar-refractivity contribution in [3.05, 3.63) is 58.5 Å². The van der Waals surface area contributed by atoms with Crippen molar-refractivity contribution in [1.82, 2.24) is 15.6 Å². The third-order valence-electron chi connectivity index (χ3n) is 7.23. The smallest absolute Gasteiger partial charge is 0.218 e. The van der Waals surface area contributed by atoms with Crippen LogP contribution in [0.4, 0.5) is 4.39 Å². The molecule has 1 amide bonds. The maximum Gasteiger partial charge on any atom is 0.218 e. The molecule has 0 bridgehead atoms. The van der Waals surface area contributed by atoms with E-state index in [4.69, 9.17) is 10.00 Å². The summed E-state index contributed by atoms with van der Waals surface area (Å²) in [7, 11) is 0. The van der Waals surface area contributed by atoms with Gasteiger partial charge in [-0.1, -0.05) is 26.8 Å². The highest BCUT2D eigenvalue weighted by molar-refractivity contribution is 5.73. The Labute approximate surface area is 218 Å². The Hall–Kier alpha value is -3.02. The van der Waals surface area contributed by atoms with Gasteiger partial charge < -0.3 is 20.5 Å². The van der Waals surface area contributed by atoms with Gasteiger partial charge in [0.05, 0.1) is 17.7 Å². The number of aliphatic hydroxyl groups excluding tert-OH is 1. The Bertz CT molecular complexity index is 1180. The molecule has 1 aliphatic heterocycles. The van der Waals surface area contributed by atoms with Gasteiger partial charge in [0, 0.05) is 37.7 Å². The van der Waals surface area contributed by atoms with Crippen LogP contribution in [-0.2, 0) is 17.6 Å². The van der Waals surface area contributed by atoms with Crippen LogP contribution < -0.4 is 15.4 Å². The van der Waals surface area contributed by atoms with Gasteiger partial charge in [0.25, 0.3) is 0 Å². The summed E-state index contributed by atoms with van der Waals surface area (Å²) in [6.45, 7) is 8.22. The van der Waals surface area contributed by atoms with Crippen molar-refractivity contribution in [2.75, 3.05) is 6.54 Å². The zero-order chi connectivity index (χ0) is 26.8. The van der Waals surface area contributed by atoms with Crippen molar-refractivity contribution >= 4 is 5.91 Å². The van der Waals surface area contributed by atoms with Crippen molar-refractivity contribution in [3.63, 3.8) is 0 Å². The first-order chi connectivity index (χ1) is 17.5. The first-order valence-electron chi connectivity index (χ1n) is 13.0. The lowest BCUT2D eigenvalue weighted by atomic mass is 9.73. The number of fused-ring (bicyclic) bond motifs is 1. The predicted molar refractivity (Wildman–Crippen MR) is 138 cm³/mol. The molecule has 7 nitrogen and oxygen atoms in total. The minimum absolute atomic E-state index is 0.0416. The number of amides is 1. The number of pyridine rings is 1. The third kappa shape index (κ3) is 6.65. The van der Waals surface area contributed by atoms with Crippen molar-refractivity contribution in [1.29, 1.82) is 5.26 Å². The molecule has 37 heavy (non-hydrogen) atoms. The summed E-state index contributed by atoms with van der Waals surface area (Å²) in [6.07, 6.45) is 6.04. The van der Waals surface area contributed by atoms with Crippen molar-refractivity contribution in [3.8, 4) is 11.9 Å². The van der Waals surface area contributed by atoms with Gasteiger partial charge in [0.15, 0.2) is 0 Å². The summed E-state index contributed by atoms with van der Waals surface area (Å²) in [6, 6.07) is 7.62. The minimum atomic E-state index is -0.908. The Balaban J connectivity index is 1.51. The quantitative estimate of drug-likeness (QED) is 0.495. The number of nitriles is 1. The molecule has 0 saturated heterocycles. The molecule has 1 aliphatic carbocycles. The van der Waals surface area contributed by atoms with Crippen LogP contribution in [0.25, 0.3) is 0 Å². The summed E-state index contributed by atoms with van der Waals surface area (Å²) >= 11 is 0. The summed E-state index contributed by atoms with van der Waals surface area (Å²) in [5.41, 5.74) is 2.66. The van der Waals surface area contributed by atoms with Gasteiger partial charge in [-0.2, -0.15) is 5.26 Å². The average molecular weight is 509 g/mol. The van der Waals surface area contributed by atoms with E-state index in [1.165, 1.54) is 19.1 Å². The number of carbonyl (C=O) groups excluding carboxylic acids is 1. The molecule has 1 saturated carbocycles. The number of ether oxygens (including phenoxy) is 1. The molecule has 3 N–H and O–H groups in total. The van der Waals surface area contributed by atoms with Gasteiger partial charge in [-0.25, -0.2) is 9.37 Å². The molecule has 2 aliphatic rings. The predicted octanol–water partition coefficient (Wildman–Crippen LogP) is 4.13. The van der Waals surface area contributed by atoms with Gasteiger partial charge >= 0.3 is 0 Å². The second kappa shape index (κ2) is 10.8. The van der Waals surface area contributed by atoms with Gasteiger partial charge in [0.1, 0.15) is 17.5 Å². The van der Waals surface area contributed by atoms with Crippen LogP contribution in [0.2, 0.25) is 0 Å². The molecule has 0 radical (unpaired) electrons. The van der Waals surface area contributed by atoms with Gasteiger partial charge in [-0.15, -0.1) is 0 Å². The lowest BCUT2D eigenvalue weighted by molar-refractivity contribution is -0.120. The molecule has 1 aromatic heterocycles. The molecule has 2 aromatic rings. The molecule has 0 unspecified atom stereocenters. The Morgan fingerprint density at radius 2 is 2.08 bits per heavy atom. The molecule has 198 valence electrons. The largest absolute Gasteiger partial charge is 0.471 e. The van der Waals surface area contributed by atoms with Crippen LogP contribution in [0.3, 0.4) is 0 Å². The van der Waals surface area contributed by atoms with E-state index in [1.807, 2.05) is 12.3 Å². The molecule has 4 rings (SSSR count). The normalized spacial score (nSPS) is 19.6. The van der Waals surface area contributed by atoms with Crippen molar-refractivity contribution < 1.29 is 19.0 Å². The number of nitrogens with one attached hydrogen (secondary N) is 2. The number of aliphatic hydroxyl groups is 1. The first kappa shape index (κ1) is 27.0. The number of hydrogen-bond acceptors (Lipinski definition) is 6. The van der Waals surface area contributed by atoms with Crippen LogP contribution in [0, 0.1) is 22.6 Å². The maximum atomic E-state index is 13.8. The Morgan fingerprint density at radius 3 is 2.70 bits per heavy atom. The fraction of sp³-hybridized carbons (Fsp3) is 0.552. The van der Waals surface area contributed by atoms with Gasteiger partial charge in [-0.05, 0) is 66.8 Å². The molecule has 3 atom stereocenters. The fourth-order valence-electron chi connectivity index (χ4n) is 5.34. The number of aromatic nitrogens is 1. The number of carbonyl (C=O) groups is 1. The summed E-state index contributed by atoms with van der Waals surface area (Å²) in [4.78, 5) is 16.6.